The third-order valence-electron chi connectivity index (χ3n) is 3.84. The molecule has 0 spiro atoms. The molecule has 5 nitrogen and oxygen atoms in total. The lowest BCUT2D eigenvalue weighted by Crippen LogP contribution is -2.40. The summed E-state index contributed by atoms with van der Waals surface area (Å²) in [6, 6.07) is 7.54. The first-order valence-electron chi connectivity index (χ1n) is 7.37. The van der Waals surface area contributed by atoms with E-state index in [-0.39, 0.29) is 17.8 Å². The number of piperidine rings is 1. The molecule has 0 aliphatic carbocycles. The number of para-hydroxylation sites is 1. The Morgan fingerprint density at radius 1 is 1.29 bits per heavy atom. The van der Waals surface area contributed by atoms with Crippen molar-refractivity contribution in [3.8, 4) is 0 Å². The average molecular weight is 290 g/mol. The van der Waals surface area contributed by atoms with E-state index in [0.29, 0.717) is 31.5 Å². The fraction of sp³-hybridized carbons (Fsp3) is 0.500. The Balaban J connectivity index is 2.04. The van der Waals surface area contributed by atoms with Crippen LogP contribution in [0.2, 0.25) is 0 Å². The number of methoxy groups -OCH3 is 1. The van der Waals surface area contributed by atoms with Gasteiger partial charge in [0.05, 0.1) is 18.6 Å². The Morgan fingerprint density at radius 2 is 1.95 bits per heavy atom. The highest BCUT2D eigenvalue weighted by Crippen LogP contribution is 2.23. The van der Waals surface area contributed by atoms with Gasteiger partial charge in [0.2, 0.25) is 0 Å². The third kappa shape index (κ3) is 3.54. The van der Waals surface area contributed by atoms with Crippen molar-refractivity contribution < 1.29 is 14.3 Å². The number of esters is 1. The molecule has 21 heavy (non-hydrogen) atoms. The standard InChI is InChI=1S/C16H22N2O3/c1-3-17-14-7-5-4-6-13(14)15(19)18-10-8-12(9-11-18)16(20)21-2/h4-7,12,17H,3,8-11H2,1-2H3. The quantitative estimate of drug-likeness (QED) is 0.863. The van der Waals surface area contributed by atoms with Gasteiger partial charge in [-0.3, -0.25) is 9.59 Å². The van der Waals surface area contributed by atoms with E-state index in [1.165, 1.54) is 7.11 Å². The smallest absolute Gasteiger partial charge is 0.308 e. The first-order chi connectivity index (χ1) is 10.2. The topological polar surface area (TPSA) is 58.6 Å². The minimum Gasteiger partial charge on any atom is -0.469 e. The van der Waals surface area contributed by atoms with Gasteiger partial charge in [-0.25, -0.2) is 0 Å². The van der Waals surface area contributed by atoms with Crippen LogP contribution in [0.25, 0.3) is 0 Å². The van der Waals surface area contributed by atoms with Crippen molar-refractivity contribution in [3.05, 3.63) is 29.8 Å². The minimum atomic E-state index is -0.171. The summed E-state index contributed by atoms with van der Waals surface area (Å²) in [5.74, 6) is -0.229. The van der Waals surface area contributed by atoms with Gasteiger partial charge in [-0.15, -0.1) is 0 Å². The minimum absolute atomic E-state index is 0.0230. The van der Waals surface area contributed by atoms with Crippen LogP contribution in [0.15, 0.2) is 24.3 Å². The number of amides is 1. The third-order valence-corrected chi connectivity index (χ3v) is 3.84. The fourth-order valence-electron chi connectivity index (χ4n) is 2.67. The Morgan fingerprint density at radius 3 is 2.57 bits per heavy atom. The maximum Gasteiger partial charge on any atom is 0.308 e. The monoisotopic (exact) mass is 290 g/mol. The molecule has 0 aromatic heterocycles. The first kappa shape index (κ1) is 15.4. The van der Waals surface area contributed by atoms with Crippen LogP contribution < -0.4 is 5.32 Å². The number of nitrogens with zero attached hydrogens (tertiary/aromatic N) is 1. The second kappa shape index (κ2) is 7.11. The number of benzene rings is 1. The van der Waals surface area contributed by atoms with Gasteiger partial charge in [-0.2, -0.15) is 0 Å². The highest BCUT2D eigenvalue weighted by Gasteiger charge is 2.28. The molecule has 0 atom stereocenters. The normalized spacial score (nSPS) is 15.6. The molecule has 1 fully saturated rings. The van der Waals surface area contributed by atoms with Crippen molar-refractivity contribution in [1.29, 1.82) is 0 Å². The summed E-state index contributed by atoms with van der Waals surface area (Å²) in [5.41, 5.74) is 1.55. The number of nitrogens with one attached hydrogen (secondary N) is 1. The number of ether oxygens (including phenoxy) is 1. The molecule has 1 aromatic carbocycles. The molecule has 1 aromatic rings. The summed E-state index contributed by atoms with van der Waals surface area (Å²) >= 11 is 0. The number of hydrogen-bond acceptors (Lipinski definition) is 4. The molecule has 114 valence electrons. The number of hydrogen-bond donors (Lipinski definition) is 1. The lowest BCUT2D eigenvalue weighted by molar-refractivity contribution is -0.146. The van der Waals surface area contributed by atoms with E-state index < -0.39 is 0 Å². The number of carbonyl (C=O) groups is 2. The molecule has 1 aliphatic rings. The maximum atomic E-state index is 12.6. The summed E-state index contributed by atoms with van der Waals surface area (Å²) in [6.07, 6.45) is 1.34. The second-order valence-corrected chi connectivity index (χ2v) is 5.17. The number of rotatable bonds is 4. The van der Waals surface area contributed by atoms with E-state index in [1.807, 2.05) is 36.1 Å². The molecule has 1 N–H and O–H groups in total. The van der Waals surface area contributed by atoms with E-state index >= 15 is 0 Å². The van der Waals surface area contributed by atoms with Gasteiger partial charge in [-0.05, 0) is 31.9 Å². The summed E-state index contributed by atoms with van der Waals surface area (Å²) < 4.78 is 4.77. The van der Waals surface area contributed by atoms with Gasteiger partial charge < -0.3 is 15.0 Å². The van der Waals surface area contributed by atoms with Gasteiger partial charge in [0.15, 0.2) is 0 Å². The molecule has 5 heteroatoms. The average Bonchev–Trinajstić information content (AvgIpc) is 2.54. The van der Waals surface area contributed by atoms with Gasteiger partial charge in [0, 0.05) is 25.3 Å². The number of carbonyl (C=O) groups excluding carboxylic acids is 2. The van der Waals surface area contributed by atoms with Gasteiger partial charge in [0.25, 0.3) is 5.91 Å². The van der Waals surface area contributed by atoms with E-state index in [1.54, 1.807) is 0 Å². The van der Waals surface area contributed by atoms with Gasteiger partial charge >= 0.3 is 5.97 Å². The van der Waals surface area contributed by atoms with Crippen molar-refractivity contribution >= 4 is 17.6 Å². The fourth-order valence-corrected chi connectivity index (χ4v) is 2.67. The summed E-state index contributed by atoms with van der Waals surface area (Å²) in [7, 11) is 1.41. The number of likely N-dealkylation sites (tertiary alicyclic amines) is 1. The molecule has 1 aliphatic heterocycles. The predicted molar refractivity (Wildman–Crippen MR) is 81.2 cm³/mol. The van der Waals surface area contributed by atoms with Crippen LogP contribution >= 0.6 is 0 Å². The van der Waals surface area contributed by atoms with Crippen LogP contribution in [-0.2, 0) is 9.53 Å². The van der Waals surface area contributed by atoms with Crippen molar-refractivity contribution in [2.75, 3.05) is 32.1 Å². The molecule has 0 saturated carbocycles. The molecule has 1 saturated heterocycles. The Bertz CT molecular complexity index is 508. The molecule has 0 radical (unpaired) electrons. The molecule has 0 bridgehead atoms. The molecular formula is C16H22N2O3. The van der Waals surface area contributed by atoms with E-state index in [2.05, 4.69) is 5.32 Å². The highest BCUT2D eigenvalue weighted by molar-refractivity contribution is 5.99. The summed E-state index contributed by atoms with van der Waals surface area (Å²) in [6.45, 7) is 3.97. The summed E-state index contributed by atoms with van der Waals surface area (Å²) in [4.78, 5) is 25.9. The Hall–Kier alpha value is -2.04. The molecule has 0 unspecified atom stereocenters. The highest BCUT2D eigenvalue weighted by atomic mass is 16.5. The van der Waals surface area contributed by atoms with Gasteiger partial charge in [0.1, 0.15) is 0 Å². The zero-order valence-electron chi connectivity index (χ0n) is 12.6. The van der Waals surface area contributed by atoms with Crippen LogP contribution in [0.5, 0.6) is 0 Å². The molecule has 2 rings (SSSR count). The van der Waals surface area contributed by atoms with Crippen molar-refractivity contribution in [3.63, 3.8) is 0 Å². The zero-order chi connectivity index (χ0) is 15.2. The van der Waals surface area contributed by atoms with Crippen LogP contribution in [0.1, 0.15) is 30.1 Å². The SMILES string of the molecule is CCNc1ccccc1C(=O)N1CCC(C(=O)OC)CC1. The van der Waals surface area contributed by atoms with Gasteiger partial charge in [-0.1, -0.05) is 12.1 Å². The second-order valence-electron chi connectivity index (χ2n) is 5.17. The van der Waals surface area contributed by atoms with Crippen LogP contribution in [0.3, 0.4) is 0 Å². The van der Waals surface area contributed by atoms with E-state index in [0.717, 1.165) is 12.2 Å². The largest absolute Gasteiger partial charge is 0.469 e. The lowest BCUT2D eigenvalue weighted by Gasteiger charge is -2.31. The van der Waals surface area contributed by atoms with Crippen LogP contribution in [0, 0.1) is 5.92 Å². The first-order valence-corrected chi connectivity index (χ1v) is 7.37. The Kier molecular flexibility index (Phi) is 5.20. The molecular weight excluding hydrogens is 268 g/mol. The zero-order valence-corrected chi connectivity index (χ0v) is 12.6. The predicted octanol–water partition coefficient (Wildman–Crippen LogP) is 2.14. The lowest BCUT2D eigenvalue weighted by atomic mass is 9.96. The van der Waals surface area contributed by atoms with Crippen molar-refractivity contribution in [2.24, 2.45) is 5.92 Å². The molecule has 1 heterocycles. The van der Waals surface area contributed by atoms with Crippen molar-refractivity contribution in [2.45, 2.75) is 19.8 Å². The number of anilines is 1. The van der Waals surface area contributed by atoms with E-state index in [9.17, 15) is 9.59 Å². The van der Waals surface area contributed by atoms with Crippen LogP contribution in [-0.4, -0.2) is 43.5 Å². The molecule has 1 amide bonds. The van der Waals surface area contributed by atoms with E-state index in [4.69, 9.17) is 4.74 Å². The van der Waals surface area contributed by atoms with Crippen LogP contribution in [0.4, 0.5) is 5.69 Å². The Labute approximate surface area is 125 Å². The summed E-state index contributed by atoms with van der Waals surface area (Å²) in [5, 5.41) is 3.21. The maximum absolute atomic E-state index is 12.6. The van der Waals surface area contributed by atoms with Crippen molar-refractivity contribution in [1.82, 2.24) is 4.90 Å².